The van der Waals surface area contributed by atoms with Crippen LogP contribution in [0.2, 0.25) is 0 Å². The molecule has 22 heavy (non-hydrogen) atoms. The van der Waals surface area contributed by atoms with E-state index in [1.807, 2.05) is 0 Å². The molecule has 2 aromatic rings. The van der Waals surface area contributed by atoms with Crippen molar-refractivity contribution in [2.75, 3.05) is 40.6 Å². The first-order valence-corrected chi connectivity index (χ1v) is 6.77. The summed E-state index contributed by atoms with van der Waals surface area (Å²) >= 11 is 0. The fourth-order valence-corrected chi connectivity index (χ4v) is 1.87. The topological polar surface area (TPSA) is 79.8 Å². The summed E-state index contributed by atoms with van der Waals surface area (Å²) in [7, 11) is 3.20. The van der Waals surface area contributed by atoms with Crippen molar-refractivity contribution < 1.29 is 23.7 Å². The number of aromatic nitrogens is 2. The summed E-state index contributed by atoms with van der Waals surface area (Å²) in [5.74, 6) is 1.05. The molecule has 0 saturated carbocycles. The zero-order valence-corrected chi connectivity index (χ0v) is 12.6. The summed E-state index contributed by atoms with van der Waals surface area (Å²) in [5, 5.41) is 0.615. The maximum absolute atomic E-state index is 11.1. The van der Waals surface area contributed by atoms with E-state index in [0.29, 0.717) is 60.8 Å². The second kappa shape index (κ2) is 8.26. The van der Waals surface area contributed by atoms with E-state index in [-0.39, 0.29) is 0 Å². The fraction of sp³-hybridized carbons (Fsp3) is 0.400. The van der Waals surface area contributed by atoms with E-state index in [9.17, 15) is 4.79 Å². The minimum Gasteiger partial charge on any atom is -0.487 e. The zero-order valence-electron chi connectivity index (χ0n) is 12.6. The van der Waals surface area contributed by atoms with Crippen LogP contribution in [0.3, 0.4) is 0 Å². The molecule has 0 radical (unpaired) electrons. The molecule has 0 unspecified atom stereocenters. The van der Waals surface area contributed by atoms with Crippen molar-refractivity contribution >= 4 is 17.2 Å². The standard InChI is InChI=1S/C15H18N2O5/c1-19-3-5-21-14-7-11-12(16-10-17-13(11)9-18)8-15(14)22-6-4-20-2/h7-10H,3-6H2,1-2H3. The number of carbonyl (C=O) groups is 1. The third kappa shape index (κ3) is 3.90. The summed E-state index contributed by atoms with van der Waals surface area (Å²) < 4.78 is 21.2. The highest BCUT2D eigenvalue weighted by Gasteiger charge is 2.12. The monoisotopic (exact) mass is 306 g/mol. The van der Waals surface area contributed by atoms with Gasteiger partial charge in [0.25, 0.3) is 0 Å². The van der Waals surface area contributed by atoms with Gasteiger partial charge in [0.2, 0.25) is 0 Å². The Bertz CT molecular complexity index is 633. The molecule has 0 aliphatic rings. The number of ether oxygens (including phenoxy) is 4. The highest BCUT2D eigenvalue weighted by atomic mass is 16.5. The Hall–Kier alpha value is -2.25. The van der Waals surface area contributed by atoms with Crippen LogP contribution in [0.15, 0.2) is 18.5 Å². The average Bonchev–Trinajstić information content (AvgIpc) is 2.55. The molecule has 0 aliphatic heterocycles. The van der Waals surface area contributed by atoms with Crippen LogP contribution in [0.4, 0.5) is 0 Å². The van der Waals surface area contributed by atoms with Crippen LogP contribution in [-0.4, -0.2) is 56.9 Å². The van der Waals surface area contributed by atoms with Crippen LogP contribution >= 0.6 is 0 Å². The molecule has 1 aromatic heterocycles. The number of nitrogens with zero attached hydrogens (tertiary/aromatic N) is 2. The molecule has 7 nitrogen and oxygen atoms in total. The molecule has 0 spiro atoms. The molecular formula is C15H18N2O5. The van der Waals surface area contributed by atoms with Gasteiger partial charge in [-0.25, -0.2) is 9.97 Å². The summed E-state index contributed by atoms with van der Waals surface area (Å²) in [4.78, 5) is 19.2. The highest BCUT2D eigenvalue weighted by molar-refractivity contribution is 5.95. The van der Waals surface area contributed by atoms with Gasteiger partial charge >= 0.3 is 0 Å². The first-order chi connectivity index (χ1) is 10.8. The van der Waals surface area contributed by atoms with Gasteiger partial charge in [0.05, 0.1) is 18.7 Å². The van der Waals surface area contributed by atoms with E-state index in [4.69, 9.17) is 18.9 Å². The average molecular weight is 306 g/mol. The Morgan fingerprint density at radius 3 is 2.18 bits per heavy atom. The van der Waals surface area contributed by atoms with Gasteiger partial charge in [0.15, 0.2) is 17.8 Å². The number of benzene rings is 1. The van der Waals surface area contributed by atoms with Gasteiger partial charge in [-0.3, -0.25) is 4.79 Å². The SMILES string of the molecule is COCCOc1cc2ncnc(C=O)c2cc1OCCOC. The van der Waals surface area contributed by atoms with Crippen LogP contribution in [0, 0.1) is 0 Å². The summed E-state index contributed by atoms with van der Waals surface area (Å²) in [6.07, 6.45) is 2.03. The van der Waals surface area contributed by atoms with E-state index < -0.39 is 0 Å². The van der Waals surface area contributed by atoms with E-state index in [2.05, 4.69) is 9.97 Å². The van der Waals surface area contributed by atoms with Crippen LogP contribution in [-0.2, 0) is 9.47 Å². The van der Waals surface area contributed by atoms with Crippen LogP contribution < -0.4 is 9.47 Å². The number of hydrogen-bond acceptors (Lipinski definition) is 7. The van der Waals surface area contributed by atoms with Gasteiger partial charge in [-0.05, 0) is 6.07 Å². The number of rotatable bonds is 9. The van der Waals surface area contributed by atoms with Gasteiger partial charge in [0, 0.05) is 25.7 Å². The summed E-state index contributed by atoms with van der Waals surface area (Å²) in [6.45, 7) is 1.65. The molecule has 0 saturated heterocycles. The lowest BCUT2D eigenvalue weighted by molar-refractivity contribution is 0.112. The molecule has 0 fully saturated rings. The second-order valence-corrected chi connectivity index (χ2v) is 4.38. The number of aldehydes is 1. The molecule has 7 heteroatoms. The molecule has 0 N–H and O–H groups in total. The fourth-order valence-electron chi connectivity index (χ4n) is 1.87. The van der Waals surface area contributed by atoms with E-state index in [1.54, 1.807) is 26.4 Å². The molecule has 1 aromatic carbocycles. The zero-order chi connectivity index (χ0) is 15.8. The predicted octanol–water partition coefficient (Wildman–Crippen LogP) is 1.49. The minimum absolute atomic E-state index is 0.310. The van der Waals surface area contributed by atoms with Crippen molar-refractivity contribution in [3.63, 3.8) is 0 Å². The van der Waals surface area contributed by atoms with Gasteiger partial charge < -0.3 is 18.9 Å². The lowest BCUT2D eigenvalue weighted by atomic mass is 10.1. The molecule has 0 aliphatic carbocycles. The van der Waals surface area contributed by atoms with Crippen LogP contribution in [0.5, 0.6) is 11.5 Å². The molecule has 118 valence electrons. The van der Waals surface area contributed by atoms with Crippen molar-refractivity contribution in [3.8, 4) is 11.5 Å². The normalized spacial score (nSPS) is 10.6. The van der Waals surface area contributed by atoms with Crippen LogP contribution in [0.25, 0.3) is 10.9 Å². The van der Waals surface area contributed by atoms with Crippen molar-refractivity contribution in [1.82, 2.24) is 9.97 Å². The van der Waals surface area contributed by atoms with Gasteiger partial charge in [-0.2, -0.15) is 0 Å². The van der Waals surface area contributed by atoms with Crippen molar-refractivity contribution in [2.24, 2.45) is 0 Å². The van der Waals surface area contributed by atoms with Gasteiger partial charge in [0.1, 0.15) is 25.2 Å². The number of hydrogen-bond donors (Lipinski definition) is 0. The smallest absolute Gasteiger partial charge is 0.169 e. The third-order valence-corrected chi connectivity index (χ3v) is 2.93. The van der Waals surface area contributed by atoms with Gasteiger partial charge in [-0.15, -0.1) is 0 Å². The van der Waals surface area contributed by atoms with Crippen molar-refractivity contribution in [3.05, 3.63) is 24.2 Å². The summed E-state index contributed by atoms with van der Waals surface area (Å²) in [5.41, 5.74) is 0.925. The maximum Gasteiger partial charge on any atom is 0.169 e. The molecule has 0 atom stereocenters. The quantitative estimate of drug-likeness (QED) is 0.513. The number of carbonyl (C=O) groups excluding carboxylic acids is 1. The largest absolute Gasteiger partial charge is 0.487 e. The van der Waals surface area contributed by atoms with E-state index >= 15 is 0 Å². The minimum atomic E-state index is 0.310. The van der Waals surface area contributed by atoms with Gasteiger partial charge in [-0.1, -0.05) is 0 Å². The Morgan fingerprint density at radius 2 is 1.59 bits per heavy atom. The van der Waals surface area contributed by atoms with Crippen LogP contribution in [0.1, 0.15) is 10.5 Å². The Labute approximate surface area is 128 Å². The Kier molecular flexibility index (Phi) is 6.05. The van der Waals surface area contributed by atoms with Crippen molar-refractivity contribution in [1.29, 1.82) is 0 Å². The van der Waals surface area contributed by atoms with Crippen molar-refractivity contribution in [2.45, 2.75) is 0 Å². The Balaban J connectivity index is 2.35. The Morgan fingerprint density at radius 1 is 0.955 bits per heavy atom. The molecule has 2 rings (SSSR count). The highest BCUT2D eigenvalue weighted by Crippen LogP contribution is 2.32. The lowest BCUT2D eigenvalue weighted by Crippen LogP contribution is -2.09. The third-order valence-electron chi connectivity index (χ3n) is 2.93. The second-order valence-electron chi connectivity index (χ2n) is 4.38. The first-order valence-electron chi connectivity index (χ1n) is 6.77. The molecular weight excluding hydrogens is 288 g/mol. The van der Waals surface area contributed by atoms with E-state index in [1.165, 1.54) is 6.33 Å². The summed E-state index contributed by atoms with van der Waals surface area (Å²) in [6, 6.07) is 3.43. The maximum atomic E-state index is 11.1. The first kappa shape index (κ1) is 16.1. The molecule has 1 heterocycles. The lowest BCUT2D eigenvalue weighted by Gasteiger charge is -2.14. The number of fused-ring (bicyclic) bond motifs is 1. The van der Waals surface area contributed by atoms with E-state index in [0.717, 1.165) is 0 Å². The predicted molar refractivity (Wildman–Crippen MR) is 79.7 cm³/mol. The molecule has 0 amide bonds. The molecule has 0 bridgehead atoms. The number of methoxy groups -OCH3 is 2.